The van der Waals surface area contributed by atoms with Gasteiger partial charge in [-0.25, -0.2) is 4.79 Å². The fourth-order valence-corrected chi connectivity index (χ4v) is 4.63. The fraction of sp³-hybridized carbons (Fsp3) is 0.600. The van der Waals surface area contributed by atoms with Crippen molar-refractivity contribution < 1.29 is 33.8 Å². The molecule has 0 unspecified atom stereocenters. The van der Waals surface area contributed by atoms with Crippen LogP contribution in [0.5, 0.6) is 0 Å². The molecule has 1 aromatic carbocycles. The van der Waals surface area contributed by atoms with Crippen LogP contribution >= 0.6 is 11.8 Å². The van der Waals surface area contributed by atoms with E-state index in [1.807, 2.05) is 30.3 Å². The summed E-state index contributed by atoms with van der Waals surface area (Å²) in [5.41, 5.74) is 0.843. The number of esters is 1. The standard InChI is InChI=1S/C25H35N3O8S/c1-18(17-37-19(2)29)24(31)27-13-9-12-22(27)23(30)26-21(16-20-10-5-3-6-11-20)25(32)35-14-7-4-8-15-36-28(33)34/h3,5-6,10-11,18,21-22H,4,7-9,12-17H2,1-2H3,(H,26,30)/t18-,21-,22+/m1/s1. The first-order valence-corrected chi connectivity index (χ1v) is 13.4. The maximum absolute atomic E-state index is 13.2. The number of ether oxygens (including phenoxy) is 1. The van der Waals surface area contributed by atoms with E-state index in [4.69, 9.17) is 4.74 Å². The number of benzene rings is 1. The molecule has 0 aliphatic carbocycles. The summed E-state index contributed by atoms with van der Waals surface area (Å²) in [6.07, 6.45) is 2.93. The lowest BCUT2D eigenvalue weighted by Crippen LogP contribution is -2.52. The summed E-state index contributed by atoms with van der Waals surface area (Å²) in [6, 6.07) is 7.60. The highest BCUT2D eigenvalue weighted by Crippen LogP contribution is 2.22. The predicted octanol–water partition coefficient (Wildman–Crippen LogP) is 2.54. The maximum Gasteiger partial charge on any atom is 0.328 e. The first-order valence-electron chi connectivity index (χ1n) is 12.4. The Morgan fingerprint density at radius 3 is 2.54 bits per heavy atom. The molecule has 0 spiro atoms. The van der Waals surface area contributed by atoms with Gasteiger partial charge >= 0.3 is 5.97 Å². The molecule has 0 saturated carbocycles. The number of rotatable bonds is 15. The first-order chi connectivity index (χ1) is 17.7. The lowest BCUT2D eigenvalue weighted by Gasteiger charge is -2.28. The molecule has 1 aromatic rings. The van der Waals surface area contributed by atoms with Gasteiger partial charge in [-0.3, -0.25) is 14.4 Å². The zero-order valence-corrected chi connectivity index (χ0v) is 22.1. The Hall–Kier alpha value is -3.15. The lowest BCUT2D eigenvalue weighted by atomic mass is 10.0. The zero-order valence-electron chi connectivity index (χ0n) is 21.3. The number of nitrogens with one attached hydrogen (secondary N) is 1. The molecule has 0 bridgehead atoms. The third kappa shape index (κ3) is 10.8. The number of hydrogen-bond donors (Lipinski definition) is 1. The molecule has 1 N–H and O–H groups in total. The molecule has 37 heavy (non-hydrogen) atoms. The Bertz CT molecular complexity index is 930. The van der Waals surface area contributed by atoms with Gasteiger partial charge in [0.15, 0.2) is 5.12 Å². The van der Waals surface area contributed by atoms with Crippen LogP contribution in [0.4, 0.5) is 0 Å². The summed E-state index contributed by atoms with van der Waals surface area (Å²) in [7, 11) is 0. The number of likely N-dealkylation sites (tertiary alicyclic amines) is 1. The molecule has 1 saturated heterocycles. The number of nitrogens with zero attached hydrogens (tertiary/aromatic N) is 2. The summed E-state index contributed by atoms with van der Waals surface area (Å²) in [5, 5.41) is 12.1. The maximum atomic E-state index is 13.2. The molecule has 1 heterocycles. The van der Waals surface area contributed by atoms with Gasteiger partial charge in [0.25, 0.3) is 5.09 Å². The van der Waals surface area contributed by atoms with Gasteiger partial charge in [0, 0.05) is 31.6 Å². The molecule has 1 aliphatic heterocycles. The van der Waals surface area contributed by atoms with E-state index in [1.165, 1.54) is 6.92 Å². The molecule has 0 radical (unpaired) electrons. The van der Waals surface area contributed by atoms with Crippen molar-refractivity contribution in [1.29, 1.82) is 0 Å². The minimum absolute atomic E-state index is 0.0176. The molecule has 1 fully saturated rings. The summed E-state index contributed by atoms with van der Waals surface area (Å²) >= 11 is 1.08. The highest BCUT2D eigenvalue weighted by Gasteiger charge is 2.37. The van der Waals surface area contributed by atoms with Crippen LogP contribution in [0, 0.1) is 16.0 Å². The largest absolute Gasteiger partial charge is 0.464 e. The van der Waals surface area contributed by atoms with E-state index in [1.54, 1.807) is 11.8 Å². The van der Waals surface area contributed by atoms with Gasteiger partial charge in [0.1, 0.15) is 12.1 Å². The van der Waals surface area contributed by atoms with Gasteiger partial charge in [0.05, 0.1) is 13.2 Å². The number of hydrogen-bond acceptors (Lipinski definition) is 9. The van der Waals surface area contributed by atoms with Gasteiger partial charge in [-0.05, 0) is 37.7 Å². The van der Waals surface area contributed by atoms with Crippen molar-refractivity contribution >= 4 is 34.7 Å². The van der Waals surface area contributed by atoms with Gasteiger partial charge in [-0.2, -0.15) is 0 Å². The zero-order chi connectivity index (χ0) is 27.2. The van der Waals surface area contributed by atoms with E-state index < -0.39 is 35.0 Å². The van der Waals surface area contributed by atoms with Crippen molar-refractivity contribution in [2.75, 3.05) is 25.5 Å². The van der Waals surface area contributed by atoms with Crippen LogP contribution in [0.1, 0.15) is 51.5 Å². The summed E-state index contributed by atoms with van der Waals surface area (Å²) in [5.74, 6) is -1.24. The van der Waals surface area contributed by atoms with Crippen LogP contribution in [-0.2, 0) is 35.2 Å². The summed E-state index contributed by atoms with van der Waals surface area (Å²) in [4.78, 5) is 66.3. The number of thioether (sulfide) groups is 1. The number of unbranched alkanes of at least 4 members (excludes halogenated alkanes) is 2. The van der Waals surface area contributed by atoms with E-state index in [-0.39, 0.29) is 30.7 Å². The van der Waals surface area contributed by atoms with Crippen LogP contribution in [0.15, 0.2) is 30.3 Å². The average Bonchev–Trinajstić information content (AvgIpc) is 3.36. The van der Waals surface area contributed by atoms with Gasteiger partial charge in [0.2, 0.25) is 11.8 Å². The van der Waals surface area contributed by atoms with Crippen LogP contribution < -0.4 is 5.32 Å². The van der Waals surface area contributed by atoms with Gasteiger partial charge in [-0.1, -0.05) is 49.0 Å². The lowest BCUT2D eigenvalue weighted by molar-refractivity contribution is -0.757. The number of carbonyl (C=O) groups is 4. The second-order valence-corrected chi connectivity index (χ2v) is 10.1. The Kier molecular flexibility index (Phi) is 12.9. The van der Waals surface area contributed by atoms with Gasteiger partial charge in [-0.15, -0.1) is 10.1 Å². The molecule has 11 nitrogen and oxygen atoms in total. The van der Waals surface area contributed by atoms with Crippen molar-refractivity contribution in [1.82, 2.24) is 10.2 Å². The van der Waals surface area contributed by atoms with E-state index in [0.717, 1.165) is 17.3 Å². The van der Waals surface area contributed by atoms with Crippen molar-refractivity contribution in [2.45, 2.75) is 64.5 Å². The van der Waals surface area contributed by atoms with Crippen LogP contribution in [0.2, 0.25) is 0 Å². The third-order valence-electron chi connectivity index (χ3n) is 5.91. The van der Waals surface area contributed by atoms with Crippen LogP contribution in [0.25, 0.3) is 0 Å². The smallest absolute Gasteiger partial charge is 0.328 e. The third-order valence-corrected chi connectivity index (χ3v) is 6.98. The minimum Gasteiger partial charge on any atom is -0.464 e. The second kappa shape index (κ2) is 15.9. The Balaban J connectivity index is 1.97. The van der Waals surface area contributed by atoms with E-state index in [0.29, 0.717) is 44.4 Å². The van der Waals surface area contributed by atoms with E-state index >= 15 is 0 Å². The minimum atomic E-state index is -0.934. The Morgan fingerprint density at radius 1 is 1.16 bits per heavy atom. The van der Waals surface area contributed by atoms with Crippen molar-refractivity contribution in [3.05, 3.63) is 46.0 Å². The molecule has 2 rings (SSSR count). The normalized spacial score (nSPS) is 16.5. The SMILES string of the molecule is CC(=O)SC[C@@H](C)C(=O)N1CCC[C@H]1C(=O)N[C@H](Cc1ccccc1)C(=O)OCCCCCO[N+](=O)[O-]. The molecule has 2 amide bonds. The molecule has 1 aliphatic rings. The van der Waals surface area contributed by atoms with Crippen molar-refractivity contribution in [3.8, 4) is 0 Å². The Morgan fingerprint density at radius 2 is 1.86 bits per heavy atom. The number of amides is 2. The van der Waals surface area contributed by atoms with Crippen molar-refractivity contribution in [2.24, 2.45) is 5.92 Å². The predicted molar refractivity (Wildman–Crippen MR) is 137 cm³/mol. The van der Waals surface area contributed by atoms with Crippen molar-refractivity contribution in [3.63, 3.8) is 0 Å². The molecule has 12 heteroatoms. The molecule has 0 aromatic heterocycles. The van der Waals surface area contributed by atoms with E-state index in [9.17, 15) is 29.3 Å². The summed E-state index contributed by atoms with van der Waals surface area (Å²) < 4.78 is 5.39. The monoisotopic (exact) mass is 537 g/mol. The summed E-state index contributed by atoms with van der Waals surface area (Å²) in [6.45, 7) is 3.73. The first kappa shape index (κ1) is 30.1. The van der Waals surface area contributed by atoms with E-state index in [2.05, 4.69) is 10.2 Å². The van der Waals surface area contributed by atoms with Crippen LogP contribution in [-0.4, -0.2) is 70.5 Å². The highest BCUT2D eigenvalue weighted by molar-refractivity contribution is 8.13. The quantitative estimate of drug-likeness (QED) is 0.154. The fourth-order valence-electron chi connectivity index (χ4n) is 4.00. The van der Waals surface area contributed by atoms with Gasteiger partial charge < -0.3 is 19.8 Å². The Labute approximate surface area is 220 Å². The highest BCUT2D eigenvalue weighted by atomic mass is 32.2. The molecule has 3 atom stereocenters. The topological polar surface area (TPSA) is 145 Å². The second-order valence-electron chi connectivity index (χ2n) is 8.93. The van der Waals surface area contributed by atoms with Crippen LogP contribution in [0.3, 0.4) is 0 Å². The average molecular weight is 538 g/mol. The molecular formula is C25H35N3O8S. The molecule has 204 valence electrons. The number of carbonyl (C=O) groups excluding carboxylic acids is 4. The molecular weight excluding hydrogens is 502 g/mol.